The molecule has 0 radical (unpaired) electrons. The summed E-state index contributed by atoms with van der Waals surface area (Å²) in [5.41, 5.74) is 7.76. The van der Waals surface area contributed by atoms with Crippen LogP contribution in [-0.2, 0) is 4.79 Å². The van der Waals surface area contributed by atoms with Gasteiger partial charge in [0, 0.05) is 29.4 Å². The molecule has 1 amide bonds. The number of ketones is 1. The Balaban J connectivity index is 2.29. The van der Waals surface area contributed by atoms with Gasteiger partial charge >= 0.3 is 0 Å². The van der Waals surface area contributed by atoms with Gasteiger partial charge in [-0.3, -0.25) is 9.59 Å². The fourth-order valence-corrected chi connectivity index (χ4v) is 1.92. The van der Waals surface area contributed by atoms with Crippen molar-refractivity contribution in [3.63, 3.8) is 0 Å². The Morgan fingerprint density at radius 1 is 1.10 bits per heavy atom. The summed E-state index contributed by atoms with van der Waals surface area (Å²) in [4.78, 5) is 23.4. The fraction of sp³-hybridized carbons (Fsp3) is 0.125. The van der Waals surface area contributed by atoms with Gasteiger partial charge in [0.25, 0.3) is 0 Å². The second-order valence-electron chi connectivity index (χ2n) is 4.54. The van der Waals surface area contributed by atoms with Crippen LogP contribution < -0.4 is 15.8 Å². The first-order valence-electron chi connectivity index (χ1n) is 6.37. The van der Waals surface area contributed by atoms with E-state index in [9.17, 15) is 9.59 Å². The minimum Gasteiger partial charge on any atom is -0.497 e. The first-order valence-corrected chi connectivity index (χ1v) is 6.37. The number of hydrogen-bond acceptors (Lipinski definition) is 4. The summed E-state index contributed by atoms with van der Waals surface area (Å²) in [5, 5.41) is 2.65. The molecule has 0 aliphatic heterocycles. The van der Waals surface area contributed by atoms with Gasteiger partial charge in [-0.25, -0.2) is 0 Å². The Hall–Kier alpha value is -2.82. The Morgan fingerprint density at radius 3 is 2.33 bits per heavy atom. The molecule has 108 valence electrons. The molecule has 0 unspecified atom stereocenters. The van der Waals surface area contributed by atoms with Crippen molar-refractivity contribution in [1.82, 2.24) is 0 Å². The summed E-state index contributed by atoms with van der Waals surface area (Å²) in [7, 11) is 1.53. The maximum absolute atomic E-state index is 12.4. The highest BCUT2D eigenvalue weighted by molar-refractivity contribution is 6.12. The molecule has 5 nitrogen and oxygen atoms in total. The molecule has 0 spiro atoms. The van der Waals surface area contributed by atoms with Crippen molar-refractivity contribution in [2.75, 3.05) is 18.2 Å². The van der Waals surface area contributed by atoms with Gasteiger partial charge in [0.2, 0.25) is 5.91 Å². The number of carbonyl (C=O) groups is 2. The molecule has 0 bridgehead atoms. The first kappa shape index (κ1) is 14.6. The molecule has 21 heavy (non-hydrogen) atoms. The van der Waals surface area contributed by atoms with Gasteiger partial charge in [-0.2, -0.15) is 0 Å². The number of carbonyl (C=O) groups excluding carboxylic acids is 2. The van der Waals surface area contributed by atoms with Gasteiger partial charge < -0.3 is 15.8 Å². The maximum Gasteiger partial charge on any atom is 0.221 e. The average molecular weight is 284 g/mol. The molecule has 0 atom stereocenters. The number of amides is 1. The van der Waals surface area contributed by atoms with Crippen LogP contribution in [0, 0.1) is 0 Å². The number of hydrogen-bond donors (Lipinski definition) is 2. The molecule has 0 fully saturated rings. The minimum atomic E-state index is -0.194. The zero-order valence-corrected chi connectivity index (χ0v) is 11.8. The van der Waals surface area contributed by atoms with Gasteiger partial charge in [-0.15, -0.1) is 0 Å². The molecule has 2 aromatic rings. The summed E-state index contributed by atoms with van der Waals surface area (Å²) in [6.07, 6.45) is 0. The quantitative estimate of drug-likeness (QED) is 0.667. The molecule has 3 N–H and O–H groups in total. The lowest BCUT2D eigenvalue weighted by Gasteiger charge is -2.08. The highest BCUT2D eigenvalue weighted by atomic mass is 16.5. The fourth-order valence-electron chi connectivity index (χ4n) is 1.92. The average Bonchev–Trinajstić information content (AvgIpc) is 2.47. The van der Waals surface area contributed by atoms with Crippen LogP contribution in [0.5, 0.6) is 5.75 Å². The summed E-state index contributed by atoms with van der Waals surface area (Å²) in [6, 6.07) is 11.6. The number of benzene rings is 2. The lowest BCUT2D eigenvalue weighted by atomic mass is 10.0. The van der Waals surface area contributed by atoms with E-state index >= 15 is 0 Å². The van der Waals surface area contributed by atoms with E-state index in [-0.39, 0.29) is 11.7 Å². The summed E-state index contributed by atoms with van der Waals surface area (Å²) < 4.78 is 5.10. The molecule has 0 saturated heterocycles. The molecule has 0 saturated carbocycles. The van der Waals surface area contributed by atoms with E-state index in [4.69, 9.17) is 10.5 Å². The number of methoxy groups -OCH3 is 1. The summed E-state index contributed by atoms with van der Waals surface area (Å²) in [6.45, 7) is 1.43. The number of nitrogens with two attached hydrogens (primary N) is 1. The highest BCUT2D eigenvalue weighted by Gasteiger charge is 2.13. The Morgan fingerprint density at radius 2 is 1.76 bits per heavy atom. The van der Waals surface area contributed by atoms with Gasteiger partial charge in [-0.05, 0) is 42.5 Å². The third-order valence-corrected chi connectivity index (χ3v) is 2.97. The Labute approximate surface area is 122 Å². The van der Waals surface area contributed by atoms with E-state index in [1.807, 2.05) is 0 Å². The van der Waals surface area contributed by atoms with Crippen molar-refractivity contribution in [2.45, 2.75) is 6.92 Å². The van der Waals surface area contributed by atoms with Crippen LogP contribution in [0.25, 0.3) is 0 Å². The zero-order chi connectivity index (χ0) is 15.4. The summed E-state index contributed by atoms with van der Waals surface area (Å²) in [5.74, 6) is 0.217. The second-order valence-corrected chi connectivity index (χ2v) is 4.54. The molecule has 0 heterocycles. The Kier molecular flexibility index (Phi) is 4.23. The first-order chi connectivity index (χ1) is 10.0. The van der Waals surface area contributed by atoms with E-state index in [0.29, 0.717) is 28.3 Å². The van der Waals surface area contributed by atoms with E-state index in [1.165, 1.54) is 14.0 Å². The van der Waals surface area contributed by atoms with Crippen LogP contribution in [0.3, 0.4) is 0 Å². The number of anilines is 2. The van der Waals surface area contributed by atoms with Crippen LogP contribution in [0.15, 0.2) is 42.5 Å². The van der Waals surface area contributed by atoms with Gasteiger partial charge in [0.1, 0.15) is 5.75 Å². The largest absolute Gasteiger partial charge is 0.497 e. The second kappa shape index (κ2) is 6.09. The molecule has 0 aliphatic rings. The van der Waals surface area contributed by atoms with E-state index in [1.54, 1.807) is 42.5 Å². The molecule has 0 aliphatic carbocycles. The van der Waals surface area contributed by atoms with Gasteiger partial charge in [0.05, 0.1) is 7.11 Å². The summed E-state index contributed by atoms with van der Waals surface area (Å²) >= 11 is 0. The topological polar surface area (TPSA) is 81.4 Å². The third kappa shape index (κ3) is 3.39. The van der Waals surface area contributed by atoms with Crippen LogP contribution in [0.4, 0.5) is 11.4 Å². The predicted molar refractivity (Wildman–Crippen MR) is 81.6 cm³/mol. The molecular formula is C16H16N2O3. The number of nitrogens with one attached hydrogen (secondary N) is 1. The van der Waals surface area contributed by atoms with Gasteiger partial charge in [-0.1, -0.05) is 0 Å². The predicted octanol–water partition coefficient (Wildman–Crippen LogP) is 2.47. The molecule has 0 aromatic heterocycles. The van der Waals surface area contributed by atoms with E-state index in [0.717, 1.165) is 0 Å². The highest BCUT2D eigenvalue weighted by Crippen LogP contribution is 2.23. The number of rotatable bonds is 4. The lowest BCUT2D eigenvalue weighted by Crippen LogP contribution is -2.08. The van der Waals surface area contributed by atoms with Crippen LogP contribution in [0.1, 0.15) is 22.8 Å². The van der Waals surface area contributed by atoms with Gasteiger partial charge in [0.15, 0.2) is 5.78 Å². The maximum atomic E-state index is 12.4. The van der Waals surface area contributed by atoms with Crippen molar-refractivity contribution in [1.29, 1.82) is 0 Å². The Bertz CT molecular complexity index is 678. The van der Waals surface area contributed by atoms with Crippen LogP contribution in [0.2, 0.25) is 0 Å². The van der Waals surface area contributed by atoms with Crippen molar-refractivity contribution in [3.05, 3.63) is 53.6 Å². The molecular weight excluding hydrogens is 268 g/mol. The monoisotopic (exact) mass is 284 g/mol. The minimum absolute atomic E-state index is 0.161. The zero-order valence-electron chi connectivity index (χ0n) is 11.8. The normalized spacial score (nSPS) is 10.0. The standard InChI is InChI=1S/C16H16N2O3/c1-10(19)18-12-5-3-11(4-6-12)16(20)14-9-13(21-2)7-8-15(14)17/h3-9H,17H2,1-2H3,(H,18,19). The SMILES string of the molecule is COc1ccc(N)c(C(=O)c2ccc(NC(C)=O)cc2)c1. The van der Waals surface area contributed by atoms with Crippen molar-refractivity contribution >= 4 is 23.1 Å². The molecule has 2 aromatic carbocycles. The smallest absolute Gasteiger partial charge is 0.221 e. The van der Waals surface area contributed by atoms with E-state index in [2.05, 4.69) is 5.32 Å². The third-order valence-electron chi connectivity index (χ3n) is 2.97. The van der Waals surface area contributed by atoms with Crippen LogP contribution >= 0.6 is 0 Å². The lowest BCUT2D eigenvalue weighted by molar-refractivity contribution is -0.114. The number of ether oxygens (including phenoxy) is 1. The molecule has 5 heteroatoms. The van der Waals surface area contributed by atoms with Crippen molar-refractivity contribution < 1.29 is 14.3 Å². The molecule has 2 rings (SSSR count). The van der Waals surface area contributed by atoms with Crippen LogP contribution in [-0.4, -0.2) is 18.8 Å². The van der Waals surface area contributed by atoms with E-state index < -0.39 is 0 Å². The number of nitrogen functional groups attached to an aromatic ring is 1. The van der Waals surface area contributed by atoms with Crippen molar-refractivity contribution in [2.24, 2.45) is 0 Å². The van der Waals surface area contributed by atoms with Crippen molar-refractivity contribution in [3.8, 4) is 5.75 Å².